The van der Waals surface area contributed by atoms with Gasteiger partial charge >= 0.3 is 15.5 Å². The van der Waals surface area contributed by atoms with Gasteiger partial charge in [-0.1, -0.05) is 6.92 Å². The number of halogens is 3. The van der Waals surface area contributed by atoms with Crippen molar-refractivity contribution in [3.05, 3.63) is 18.1 Å². The highest BCUT2D eigenvalue weighted by molar-refractivity contribution is 7.93. The van der Waals surface area contributed by atoms with Crippen LogP contribution < -0.4 is 4.72 Å². The van der Waals surface area contributed by atoms with E-state index in [1.165, 1.54) is 15.8 Å². The van der Waals surface area contributed by atoms with E-state index in [1.807, 2.05) is 6.92 Å². The molecule has 1 atom stereocenters. The van der Waals surface area contributed by atoms with Gasteiger partial charge in [-0.2, -0.15) is 21.6 Å². The van der Waals surface area contributed by atoms with Crippen molar-refractivity contribution in [1.82, 2.24) is 14.9 Å². The van der Waals surface area contributed by atoms with Gasteiger partial charge in [-0.3, -0.25) is 14.5 Å². The van der Waals surface area contributed by atoms with Crippen molar-refractivity contribution in [2.24, 2.45) is 5.92 Å². The molecule has 0 spiro atoms. The summed E-state index contributed by atoms with van der Waals surface area (Å²) in [6, 6.07) is 0. The van der Waals surface area contributed by atoms with Crippen LogP contribution in [0.15, 0.2) is 12.4 Å². The number of carbonyl (C=O) groups excluding carboxylic acids is 1. The van der Waals surface area contributed by atoms with Crippen molar-refractivity contribution in [1.29, 1.82) is 0 Å². The summed E-state index contributed by atoms with van der Waals surface area (Å²) in [4.78, 5) is 20.8. The summed E-state index contributed by atoms with van der Waals surface area (Å²) >= 11 is 0. The summed E-state index contributed by atoms with van der Waals surface area (Å²) in [6.07, 6.45) is 3.38. The Labute approximate surface area is 131 Å². The highest BCUT2D eigenvalue weighted by atomic mass is 32.2. The largest absolute Gasteiger partial charge is 0.516 e. The fourth-order valence-electron chi connectivity index (χ4n) is 2.13. The zero-order chi connectivity index (χ0) is 17.3. The number of carbonyl (C=O) groups is 1. The van der Waals surface area contributed by atoms with Gasteiger partial charge in [0.15, 0.2) is 5.82 Å². The molecule has 0 aliphatic carbocycles. The summed E-state index contributed by atoms with van der Waals surface area (Å²) in [5.41, 5.74) is -5.50. The zero-order valence-electron chi connectivity index (χ0n) is 12.2. The van der Waals surface area contributed by atoms with Gasteiger partial charge in [0.05, 0.1) is 6.54 Å². The number of alkyl halides is 3. The molecule has 1 N–H and O–H groups in total. The van der Waals surface area contributed by atoms with Gasteiger partial charge in [-0.25, -0.2) is 4.98 Å². The minimum atomic E-state index is -5.59. The maximum atomic E-state index is 12.5. The maximum absolute atomic E-state index is 12.5. The lowest BCUT2D eigenvalue weighted by Crippen LogP contribution is -2.38. The van der Waals surface area contributed by atoms with Crippen molar-refractivity contribution in [3.8, 4) is 0 Å². The van der Waals surface area contributed by atoms with Crippen molar-refractivity contribution < 1.29 is 26.4 Å². The van der Waals surface area contributed by atoms with Gasteiger partial charge in [-0.15, -0.1) is 0 Å². The molecule has 0 saturated carbocycles. The lowest BCUT2D eigenvalue weighted by atomic mass is 9.98. The molecule has 0 bridgehead atoms. The first-order valence-electron chi connectivity index (χ1n) is 6.77. The number of piperidine rings is 1. The average molecular weight is 352 g/mol. The Morgan fingerprint density at radius 3 is 2.61 bits per heavy atom. The number of sulfonamides is 1. The Balaban J connectivity index is 2.20. The van der Waals surface area contributed by atoms with Crippen LogP contribution in [0.1, 0.15) is 25.5 Å². The lowest BCUT2D eigenvalue weighted by molar-refractivity contribution is -0.135. The Morgan fingerprint density at radius 1 is 1.35 bits per heavy atom. The Kier molecular flexibility index (Phi) is 4.78. The van der Waals surface area contributed by atoms with Crippen molar-refractivity contribution in [3.63, 3.8) is 0 Å². The van der Waals surface area contributed by atoms with Crippen LogP contribution in [0, 0.1) is 5.92 Å². The minimum Gasteiger partial charge on any atom is -0.337 e. The van der Waals surface area contributed by atoms with E-state index in [2.05, 4.69) is 9.97 Å². The normalized spacial score (nSPS) is 19.7. The fourth-order valence-corrected chi connectivity index (χ4v) is 2.67. The third-order valence-corrected chi connectivity index (χ3v) is 4.49. The second-order valence-corrected chi connectivity index (χ2v) is 6.99. The molecule has 1 aliphatic heterocycles. The summed E-state index contributed by atoms with van der Waals surface area (Å²) < 4.78 is 61.1. The molecule has 23 heavy (non-hydrogen) atoms. The van der Waals surface area contributed by atoms with Crippen LogP contribution in [0.5, 0.6) is 0 Å². The van der Waals surface area contributed by atoms with Gasteiger partial charge < -0.3 is 4.90 Å². The summed E-state index contributed by atoms with van der Waals surface area (Å²) in [6.45, 7) is 2.26. The Morgan fingerprint density at radius 2 is 2.00 bits per heavy atom. The van der Waals surface area contributed by atoms with Crippen molar-refractivity contribution in [2.75, 3.05) is 11.3 Å². The number of amides is 1. The van der Waals surface area contributed by atoms with E-state index in [-0.39, 0.29) is 24.1 Å². The standard InChI is InChI=1S/C12H15F3N4O3S/c1-8-2-5-19(10(20)6-8)7-9-11(17-4-3-16-9)18-23(21,22)12(13,14)15/h3-4,8H,2,5-7H2,1H3,(H,17,18). The third kappa shape index (κ3) is 4.09. The minimum absolute atomic E-state index is 0.0387. The molecule has 1 aromatic heterocycles. The topological polar surface area (TPSA) is 92.3 Å². The molecule has 128 valence electrons. The molecule has 1 aliphatic rings. The summed E-state index contributed by atoms with van der Waals surface area (Å²) in [5, 5.41) is 0. The first-order chi connectivity index (χ1) is 10.6. The van der Waals surface area contributed by atoms with Crippen LogP contribution >= 0.6 is 0 Å². The fraction of sp³-hybridized carbons (Fsp3) is 0.583. The van der Waals surface area contributed by atoms with E-state index in [4.69, 9.17) is 0 Å². The smallest absolute Gasteiger partial charge is 0.337 e. The number of rotatable bonds is 4. The Hall–Kier alpha value is -1.91. The van der Waals surface area contributed by atoms with Crippen LogP contribution in [0.2, 0.25) is 0 Å². The number of hydrogen-bond acceptors (Lipinski definition) is 5. The average Bonchev–Trinajstić information content (AvgIpc) is 2.42. The first-order valence-corrected chi connectivity index (χ1v) is 8.25. The second kappa shape index (κ2) is 6.30. The predicted octanol–water partition coefficient (Wildman–Crippen LogP) is 1.50. The molecule has 0 radical (unpaired) electrons. The molecule has 2 rings (SSSR count). The number of nitrogens with one attached hydrogen (secondary N) is 1. The van der Waals surface area contributed by atoms with E-state index >= 15 is 0 Å². The molecular formula is C12H15F3N4O3S. The Bertz CT molecular complexity index is 693. The quantitative estimate of drug-likeness (QED) is 0.886. The molecule has 1 aromatic rings. The number of nitrogens with zero attached hydrogens (tertiary/aromatic N) is 3. The molecule has 7 nitrogen and oxygen atoms in total. The van der Waals surface area contributed by atoms with Gasteiger partial charge in [0, 0.05) is 25.4 Å². The van der Waals surface area contributed by atoms with Crippen LogP contribution in [0.25, 0.3) is 0 Å². The number of aromatic nitrogens is 2. The summed E-state index contributed by atoms with van der Waals surface area (Å²) in [5.74, 6) is -0.445. The van der Waals surface area contributed by atoms with E-state index in [0.717, 1.165) is 12.6 Å². The molecule has 0 aromatic carbocycles. The predicted molar refractivity (Wildman–Crippen MR) is 74.4 cm³/mol. The van der Waals surface area contributed by atoms with E-state index < -0.39 is 21.3 Å². The van der Waals surface area contributed by atoms with Crippen LogP contribution in [-0.4, -0.2) is 41.2 Å². The van der Waals surface area contributed by atoms with Crippen LogP contribution in [0.3, 0.4) is 0 Å². The van der Waals surface area contributed by atoms with E-state index in [9.17, 15) is 26.4 Å². The highest BCUT2D eigenvalue weighted by Crippen LogP contribution is 2.26. The molecular weight excluding hydrogens is 337 g/mol. The van der Waals surface area contributed by atoms with Gasteiger partial charge in [0.1, 0.15) is 5.69 Å². The van der Waals surface area contributed by atoms with Crippen molar-refractivity contribution in [2.45, 2.75) is 31.8 Å². The molecule has 2 heterocycles. The van der Waals surface area contributed by atoms with Gasteiger partial charge in [0.2, 0.25) is 5.91 Å². The molecule has 11 heteroatoms. The maximum Gasteiger partial charge on any atom is 0.516 e. The lowest BCUT2D eigenvalue weighted by Gasteiger charge is -2.30. The van der Waals surface area contributed by atoms with Gasteiger partial charge in [0.25, 0.3) is 0 Å². The number of anilines is 1. The second-order valence-electron chi connectivity index (χ2n) is 5.32. The molecule has 1 amide bonds. The zero-order valence-corrected chi connectivity index (χ0v) is 13.0. The van der Waals surface area contributed by atoms with E-state index in [1.54, 1.807) is 0 Å². The molecule has 1 saturated heterocycles. The van der Waals surface area contributed by atoms with Crippen LogP contribution in [0.4, 0.5) is 19.0 Å². The SMILES string of the molecule is CC1CCN(Cc2nccnc2NS(=O)(=O)C(F)(F)F)C(=O)C1. The first kappa shape index (κ1) is 17.4. The van der Waals surface area contributed by atoms with Crippen molar-refractivity contribution >= 4 is 21.7 Å². The molecule has 1 unspecified atom stereocenters. The number of hydrogen-bond donors (Lipinski definition) is 1. The monoisotopic (exact) mass is 352 g/mol. The summed E-state index contributed by atoms with van der Waals surface area (Å²) in [7, 11) is -5.59. The van der Waals surface area contributed by atoms with Gasteiger partial charge in [-0.05, 0) is 12.3 Å². The van der Waals surface area contributed by atoms with Crippen LogP contribution in [-0.2, 0) is 21.4 Å². The van der Waals surface area contributed by atoms with E-state index in [0.29, 0.717) is 13.0 Å². The third-order valence-electron chi connectivity index (χ3n) is 3.42. The highest BCUT2D eigenvalue weighted by Gasteiger charge is 2.46. The molecule has 1 fully saturated rings. The number of likely N-dealkylation sites (tertiary alicyclic amines) is 1.